The average molecular weight is 242 g/mol. The lowest BCUT2D eigenvalue weighted by Gasteiger charge is -2.13. The molecule has 2 rings (SSSR count). The maximum absolute atomic E-state index is 5.96. The van der Waals surface area contributed by atoms with Crippen molar-refractivity contribution in [1.82, 2.24) is 0 Å². The molecule has 0 aliphatic carbocycles. The minimum Gasteiger partial charge on any atom is -0.496 e. The van der Waals surface area contributed by atoms with Crippen molar-refractivity contribution in [3.8, 4) is 17.2 Å². The molecule has 0 fully saturated rings. The quantitative estimate of drug-likeness (QED) is 0.793. The van der Waals surface area contributed by atoms with Crippen LogP contribution in [0.5, 0.6) is 17.2 Å². The number of benzene rings is 2. The van der Waals surface area contributed by atoms with Gasteiger partial charge in [-0.25, -0.2) is 0 Å². The van der Waals surface area contributed by atoms with Gasteiger partial charge in [0.2, 0.25) is 0 Å². The van der Waals surface area contributed by atoms with E-state index >= 15 is 0 Å². The fourth-order valence-electron chi connectivity index (χ4n) is 1.99. The van der Waals surface area contributed by atoms with Crippen LogP contribution in [0.25, 0.3) is 0 Å². The summed E-state index contributed by atoms with van der Waals surface area (Å²) in [6.07, 6.45) is 0. The maximum Gasteiger partial charge on any atom is 0.133 e. The largest absolute Gasteiger partial charge is 0.496 e. The van der Waals surface area contributed by atoms with E-state index in [1.807, 2.05) is 31.2 Å². The van der Waals surface area contributed by atoms with Gasteiger partial charge in [0.1, 0.15) is 17.2 Å². The van der Waals surface area contributed by atoms with Crippen molar-refractivity contribution < 1.29 is 9.47 Å². The number of aryl methyl sites for hydroxylation is 3. The summed E-state index contributed by atoms with van der Waals surface area (Å²) in [4.78, 5) is 0. The number of methoxy groups -OCH3 is 1. The maximum atomic E-state index is 5.96. The lowest BCUT2D eigenvalue weighted by atomic mass is 10.1. The third-order valence-electron chi connectivity index (χ3n) is 2.99. The number of hydrogen-bond donors (Lipinski definition) is 0. The lowest BCUT2D eigenvalue weighted by molar-refractivity contribution is 0.409. The second-order valence-electron chi connectivity index (χ2n) is 4.45. The van der Waals surface area contributed by atoms with Gasteiger partial charge >= 0.3 is 0 Å². The van der Waals surface area contributed by atoms with Crippen LogP contribution in [0.3, 0.4) is 0 Å². The van der Waals surface area contributed by atoms with Crippen LogP contribution < -0.4 is 9.47 Å². The minimum absolute atomic E-state index is 0.839. The van der Waals surface area contributed by atoms with Crippen LogP contribution in [0, 0.1) is 20.8 Å². The van der Waals surface area contributed by atoms with E-state index in [1.165, 1.54) is 0 Å². The highest BCUT2D eigenvalue weighted by Gasteiger charge is 2.06. The van der Waals surface area contributed by atoms with Crippen molar-refractivity contribution in [3.05, 3.63) is 53.1 Å². The molecule has 2 aromatic carbocycles. The molecule has 2 nitrogen and oxygen atoms in total. The summed E-state index contributed by atoms with van der Waals surface area (Å²) in [5, 5.41) is 0. The molecule has 0 unspecified atom stereocenters. The molecule has 2 aromatic rings. The van der Waals surface area contributed by atoms with E-state index in [2.05, 4.69) is 26.0 Å². The molecule has 18 heavy (non-hydrogen) atoms. The number of ether oxygens (including phenoxy) is 2. The van der Waals surface area contributed by atoms with E-state index < -0.39 is 0 Å². The third kappa shape index (κ3) is 2.48. The van der Waals surface area contributed by atoms with E-state index in [4.69, 9.17) is 9.47 Å². The van der Waals surface area contributed by atoms with Gasteiger partial charge in [-0.2, -0.15) is 0 Å². The Labute approximate surface area is 108 Å². The predicted octanol–water partition coefficient (Wildman–Crippen LogP) is 4.41. The summed E-state index contributed by atoms with van der Waals surface area (Å²) >= 11 is 0. The highest BCUT2D eigenvalue weighted by Crippen LogP contribution is 2.31. The first-order valence-corrected chi connectivity index (χ1v) is 6.00. The van der Waals surface area contributed by atoms with Crippen molar-refractivity contribution in [2.24, 2.45) is 0 Å². The summed E-state index contributed by atoms with van der Waals surface area (Å²) in [7, 11) is 1.67. The Bertz CT molecular complexity index is 539. The van der Waals surface area contributed by atoms with Crippen LogP contribution in [0.2, 0.25) is 0 Å². The van der Waals surface area contributed by atoms with E-state index in [1.54, 1.807) is 7.11 Å². The van der Waals surface area contributed by atoms with Gasteiger partial charge in [0, 0.05) is 0 Å². The first kappa shape index (κ1) is 12.5. The van der Waals surface area contributed by atoms with Crippen molar-refractivity contribution >= 4 is 0 Å². The molecule has 0 bridgehead atoms. The van der Waals surface area contributed by atoms with E-state index in [-0.39, 0.29) is 0 Å². The zero-order chi connectivity index (χ0) is 13.1. The molecule has 0 aliphatic heterocycles. The van der Waals surface area contributed by atoms with Gasteiger partial charge in [-0.1, -0.05) is 18.2 Å². The van der Waals surface area contributed by atoms with Gasteiger partial charge in [-0.05, 0) is 55.7 Å². The predicted molar refractivity (Wildman–Crippen MR) is 73.7 cm³/mol. The Balaban J connectivity index is 2.32. The Kier molecular flexibility index (Phi) is 3.56. The van der Waals surface area contributed by atoms with E-state index in [0.717, 1.165) is 33.9 Å². The second-order valence-corrected chi connectivity index (χ2v) is 4.45. The van der Waals surface area contributed by atoms with Gasteiger partial charge in [0.05, 0.1) is 7.11 Å². The molecule has 0 amide bonds. The van der Waals surface area contributed by atoms with Crippen molar-refractivity contribution in [2.75, 3.05) is 7.11 Å². The minimum atomic E-state index is 0.839. The topological polar surface area (TPSA) is 18.5 Å². The fraction of sp³-hybridized carbons (Fsp3) is 0.250. The Morgan fingerprint density at radius 1 is 0.833 bits per heavy atom. The van der Waals surface area contributed by atoms with Gasteiger partial charge in [-0.15, -0.1) is 0 Å². The molecule has 0 heterocycles. The zero-order valence-corrected chi connectivity index (χ0v) is 11.3. The molecule has 0 saturated heterocycles. The standard InChI is InChI=1S/C16H18O2/c1-11-6-5-7-12(2)16(11)18-14-8-9-15(17-4)13(3)10-14/h5-10H,1-4H3. The highest BCUT2D eigenvalue weighted by molar-refractivity contribution is 5.45. The summed E-state index contributed by atoms with van der Waals surface area (Å²) in [5.41, 5.74) is 3.35. The molecular formula is C16H18O2. The first-order valence-electron chi connectivity index (χ1n) is 6.00. The van der Waals surface area contributed by atoms with E-state index in [9.17, 15) is 0 Å². The Hall–Kier alpha value is -1.96. The molecule has 0 saturated carbocycles. The van der Waals surface area contributed by atoms with Gasteiger partial charge < -0.3 is 9.47 Å². The summed E-state index contributed by atoms with van der Waals surface area (Å²) < 4.78 is 11.2. The molecule has 0 N–H and O–H groups in total. The molecule has 94 valence electrons. The summed E-state index contributed by atoms with van der Waals surface area (Å²) in [5.74, 6) is 2.65. The number of rotatable bonds is 3. The number of hydrogen-bond acceptors (Lipinski definition) is 2. The summed E-state index contributed by atoms with van der Waals surface area (Å²) in [6.45, 7) is 6.12. The van der Waals surface area contributed by atoms with Crippen molar-refractivity contribution in [2.45, 2.75) is 20.8 Å². The lowest BCUT2D eigenvalue weighted by Crippen LogP contribution is -1.92. The Morgan fingerprint density at radius 3 is 2.06 bits per heavy atom. The number of para-hydroxylation sites is 1. The van der Waals surface area contributed by atoms with Crippen LogP contribution in [0.15, 0.2) is 36.4 Å². The normalized spacial score (nSPS) is 10.2. The molecule has 0 aliphatic rings. The average Bonchev–Trinajstić information content (AvgIpc) is 2.34. The van der Waals surface area contributed by atoms with Crippen molar-refractivity contribution in [1.29, 1.82) is 0 Å². The van der Waals surface area contributed by atoms with Crippen LogP contribution in [-0.2, 0) is 0 Å². The van der Waals surface area contributed by atoms with Crippen LogP contribution in [0.4, 0.5) is 0 Å². The molecule has 2 heteroatoms. The summed E-state index contributed by atoms with van der Waals surface area (Å²) in [6, 6.07) is 12.0. The third-order valence-corrected chi connectivity index (χ3v) is 2.99. The smallest absolute Gasteiger partial charge is 0.133 e. The zero-order valence-electron chi connectivity index (χ0n) is 11.3. The van der Waals surface area contributed by atoms with Gasteiger partial charge in [-0.3, -0.25) is 0 Å². The Morgan fingerprint density at radius 2 is 1.50 bits per heavy atom. The SMILES string of the molecule is COc1ccc(Oc2c(C)cccc2C)cc1C. The molecular weight excluding hydrogens is 224 g/mol. The van der Waals surface area contributed by atoms with Crippen LogP contribution in [-0.4, -0.2) is 7.11 Å². The van der Waals surface area contributed by atoms with Gasteiger partial charge in [0.15, 0.2) is 0 Å². The molecule has 0 radical (unpaired) electrons. The molecule has 0 atom stereocenters. The monoisotopic (exact) mass is 242 g/mol. The molecule has 0 aromatic heterocycles. The van der Waals surface area contributed by atoms with Gasteiger partial charge in [0.25, 0.3) is 0 Å². The van der Waals surface area contributed by atoms with Crippen LogP contribution >= 0.6 is 0 Å². The fourth-order valence-corrected chi connectivity index (χ4v) is 1.99. The second kappa shape index (κ2) is 5.13. The van der Waals surface area contributed by atoms with E-state index in [0.29, 0.717) is 0 Å². The van der Waals surface area contributed by atoms with Crippen molar-refractivity contribution in [3.63, 3.8) is 0 Å². The highest BCUT2D eigenvalue weighted by atomic mass is 16.5. The molecule has 0 spiro atoms. The van der Waals surface area contributed by atoms with Crippen LogP contribution in [0.1, 0.15) is 16.7 Å². The first-order chi connectivity index (χ1) is 8.61.